The van der Waals surface area contributed by atoms with Crippen molar-refractivity contribution >= 4 is 29.4 Å². The molecule has 2 amide bonds. The van der Waals surface area contributed by atoms with Gasteiger partial charge in [-0.05, 0) is 42.1 Å². The molecule has 6 nitrogen and oxygen atoms in total. The minimum absolute atomic E-state index is 0.143. The fraction of sp³-hybridized carbons (Fsp3) is 0.278. The van der Waals surface area contributed by atoms with Crippen molar-refractivity contribution in [2.24, 2.45) is 5.10 Å². The van der Waals surface area contributed by atoms with Gasteiger partial charge in [0.15, 0.2) is 0 Å². The Morgan fingerprint density at radius 2 is 2.04 bits per heavy atom. The molecule has 0 unspecified atom stereocenters. The van der Waals surface area contributed by atoms with Crippen molar-refractivity contribution in [1.82, 2.24) is 10.7 Å². The summed E-state index contributed by atoms with van der Waals surface area (Å²) in [5.74, 6) is 0.0174. The van der Waals surface area contributed by atoms with Gasteiger partial charge in [0.1, 0.15) is 5.75 Å². The second-order valence-corrected chi connectivity index (χ2v) is 6.20. The van der Waals surface area contributed by atoms with Gasteiger partial charge in [0.05, 0.1) is 19.4 Å². The van der Waals surface area contributed by atoms with Crippen molar-refractivity contribution in [3.05, 3.63) is 52.2 Å². The number of hydrogen-bond acceptors (Lipinski definition) is 5. The first-order valence-electron chi connectivity index (χ1n) is 8.05. The van der Waals surface area contributed by atoms with Gasteiger partial charge in [-0.2, -0.15) is 5.10 Å². The molecule has 0 fully saturated rings. The number of nitrogens with zero attached hydrogens (tertiary/aromatic N) is 1. The summed E-state index contributed by atoms with van der Waals surface area (Å²) in [7, 11) is 0. The summed E-state index contributed by atoms with van der Waals surface area (Å²) in [6.45, 7) is 2.62. The van der Waals surface area contributed by atoms with Gasteiger partial charge in [0, 0.05) is 10.4 Å². The number of benzene rings is 1. The monoisotopic (exact) mass is 359 g/mol. The third-order valence-electron chi connectivity index (χ3n) is 3.22. The summed E-state index contributed by atoms with van der Waals surface area (Å²) in [6, 6.07) is 10.6. The van der Waals surface area contributed by atoms with E-state index in [2.05, 4.69) is 22.8 Å². The van der Waals surface area contributed by atoms with Crippen LogP contribution >= 0.6 is 11.3 Å². The van der Waals surface area contributed by atoms with Crippen LogP contribution in [0.2, 0.25) is 0 Å². The van der Waals surface area contributed by atoms with Crippen LogP contribution in [0, 0.1) is 0 Å². The normalized spacial score (nSPS) is 10.6. The molecule has 0 aliphatic carbocycles. The maximum absolute atomic E-state index is 12.0. The molecule has 0 aliphatic heterocycles. The van der Waals surface area contributed by atoms with Gasteiger partial charge in [-0.3, -0.25) is 9.59 Å². The van der Waals surface area contributed by atoms with Crippen LogP contribution in [0.25, 0.3) is 0 Å². The molecule has 0 spiro atoms. The predicted molar refractivity (Wildman–Crippen MR) is 99.2 cm³/mol. The van der Waals surface area contributed by atoms with Gasteiger partial charge in [-0.25, -0.2) is 5.43 Å². The molecule has 7 heteroatoms. The summed E-state index contributed by atoms with van der Waals surface area (Å²) in [5, 5.41) is 8.30. The van der Waals surface area contributed by atoms with Crippen LogP contribution in [-0.4, -0.2) is 31.2 Å². The first-order valence-corrected chi connectivity index (χ1v) is 8.93. The highest BCUT2D eigenvalue weighted by molar-refractivity contribution is 7.11. The van der Waals surface area contributed by atoms with Crippen LogP contribution in [0.4, 0.5) is 0 Å². The van der Waals surface area contributed by atoms with Crippen LogP contribution < -0.4 is 15.5 Å². The topological polar surface area (TPSA) is 79.8 Å². The fourth-order valence-corrected chi connectivity index (χ4v) is 2.46. The Morgan fingerprint density at radius 3 is 2.72 bits per heavy atom. The second-order valence-electron chi connectivity index (χ2n) is 5.22. The molecule has 0 bridgehead atoms. The van der Waals surface area contributed by atoms with E-state index in [1.54, 1.807) is 30.5 Å². The zero-order chi connectivity index (χ0) is 17.9. The molecule has 0 atom stereocenters. The Bertz CT molecular complexity index is 697. The molecule has 132 valence electrons. The van der Waals surface area contributed by atoms with E-state index in [-0.39, 0.29) is 18.4 Å². The highest BCUT2D eigenvalue weighted by Crippen LogP contribution is 2.12. The maximum Gasteiger partial charge on any atom is 0.259 e. The van der Waals surface area contributed by atoms with Crippen molar-refractivity contribution < 1.29 is 14.3 Å². The van der Waals surface area contributed by atoms with Crippen molar-refractivity contribution in [3.63, 3.8) is 0 Å². The molecule has 2 aromatic rings. The van der Waals surface area contributed by atoms with Crippen LogP contribution in [0.5, 0.6) is 5.75 Å². The molecule has 1 aromatic heterocycles. The number of carbonyl (C=O) groups is 2. The Hall–Kier alpha value is -2.67. The molecule has 0 aliphatic rings. The third-order valence-corrected chi connectivity index (χ3v) is 4.02. The minimum atomic E-state index is -0.388. The summed E-state index contributed by atoms with van der Waals surface area (Å²) in [5.41, 5.74) is 2.84. The van der Waals surface area contributed by atoms with Gasteiger partial charge >= 0.3 is 0 Å². The highest BCUT2D eigenvalue weighted by atomic mass is 32.1. The zero-order valence-corrected chi connectivity index (χ0v) is 14.8. The predicted octanol–water partition coefficient (Wildman–Crippen LogP) is 2.81. The van der Waals surface area contributed by atoms with Crippen molar-refractivity contribution in [3.8, 4) is 5.75 Å². The smallest absolute Gasteiger partial charge is 0.259 e. The van der Waals surface area contributed by atoms with Gasteiger partial charge in [0.25, 0.3) is 11.8 Å². The third kappa shape index (κ3) is 6.76. The van der Waals surface area contributed by atoms with E-state index in [0.29, 0.717) is 12.2 Å². The lowest BCUT2D eigenvalue weighted by atomic mass is 10.2. The molecule has 1 heterocycles. The molecule has 0 saturated heterocycles. The van der Waals surface area contributed by atoms with Crippen LogP contribution in [0.1, 0.15) is 35.0 Å². The fourth-order valence-electron chi connectivity index (χ4n) is 1.87. The summed E-state index contributed by atoms with van der Waals surface area (Å²) in [4.78, 5) is 24.6. The molecule has 2 rings (SSSR count). The molecule has 2 N–H and O–H groups in total. The lowest BCUT2D eigenvalue weighted by Crippen LogP contribution is -2.34. The number of hydrogen-bond donors (Lipinski definition) is 2. The van der Waals surface area contributed by atoms with E-state index in [4.69, 9.17) is 4.74 Å². The van der Waals surface area contributed by atoms with Crippen LogP contribution in [0.15, 0.2) is 46.9 Å². The summed E-state index contributed by atoms with van der Waals surface area (Å²) < 4.78 is 5.54. The lowest BCUT2D eigenvalue weighted by molar-refractivity contribution is -0.120. The number of ether oxygens (including phenoxy) is 1. The number of nitrogens with one attached hydrogen (secondary N) is 2. The number of unbranched alkanes of at least 4 members (excludes halogenated alkanes) is 1. The molecule has 25 heavy (non-hydrogen) atoms. The SMILES string of the molecule is CCCCOc1ccc(C(=O)NCC(=O)N/N=C\c2cccs2)cc1. The van der Waals surface area contributed by atoms with E-state index in [0.717, 1.165) is 23.5 Å². The number of amides is 2. The first-order chi connectivity index (χ1) is 12.2. The van der Waals surface area contributed by atoms with E-state index < -0.39 is 0 Å². The molecule has 0 radical (unpaired) electrons. The Balaban J connectivity index is 1.72. The van der Waals surface area contributed by atoms with E-state index in [9.17, 15) is 9.59 Å². The molecule has 0 saturated carbocycles. The number of hydrazone groups is 1. The van der Waals surface area contributed by atoms with E-state index >= 15 is 0 Å². The lowest BCUT2D eigenvalue weighted by Gasteiger charge is -2.07. The first kappa shape index (κ1) is 18.7. The van der Waals surface area contributed by atoms with Gasteiger partial charge < -0.3 is 10.1 Å². The van der Waals surface area contributed by atoms with Gasteiger partial charge in [0.2, 0.25) is 0 Å². The highest BCUT2D eigenvalue weighted by Gasteiger charge is 2.07. The summed E-state index contributed by atoms with van der Waals surface area (Å²) >= 11 is 1.52. The van der Waals surface area contributed by atoms with Crippen LogP contribution in [-0.2, 0) is 4.79 Å². The Labute approximate surface area is 150 Å². The number of rotatable bonds is 9. The van der Waals surface area contributed by atoms with Crippen molar-refractivity contribution in [2.75, 3.05) is 13.2 Å². The van der Waals surface area contributed by atoms with Gasteiger partial charge in [-0.1, -0.05) is 19.4 Å². The quantitative estimate of drug-likeness (QED) is 0.410. The molecule has 1 aromatic carbocycles. The summed E-state index contributed by atoms with van der Waals surface area (Å²) in [6.07, 6.45) is 3.62. The van der Waals surface area contributed by atoms with Crippen LogP contribution in [0.3, 0.4) is 0 Å². The largest absolute Gasteiger partial charge is 0.494 e. The van der Waals surface area contributed by atoms with Crippen molar-refractivity contribution in [1.29, 1.82) is 0 Å². The molecular weight excluding hydrogens is 338 g/mol. The second kappa shape index (κ2) is 10.2. The maximum atomic E-state index is 12.0. The average molecular weight is 359 g/mol. The molecular formula is C18H21N3O3S. The number of thiophene rings is 1. The Kier molecular flexibility index (Phi) is 7.65. The minimum Gasteiger partial charge on any atom is -0.494 e. The Morgan fingerprint density at radius 1 is 1.24 bits per heavy atom. The van der Waals surface area contributed by atoms with Gasteiger partial charge in [-0.15, -0.1) is 11.3 Å². The van der Waals surface area contributed by atoms with E-state index in [1.807, 2.05) is 17.5 Å². The number of carbonyl (C=O) groups excluding carboxylic acids is 2. The standard InChI is InChI=1S/C18H21N3O3S/c1-2-3-10-24-15-8-6-14(7-9-15)18(23)19-13-17(22)21-20-12-16-5-4-11-25-16/h4-9,11-12H,2-3,10,13H2,1H3,(H,19,23)(H,21,22)/b20-12-. The zero-order valence-electron chi connectivity index (χ0n) is 14.0. The van der Waals surface area contributed by atoms with Crippen molar-refractivity contribution in [2.45, 2.75) is 19.8 Å². The average Bonchev–Trinajstić information content (AvgIpc) is 3.14. The van der Waals surface area contributed by atoms with E-state index in [1.165, 1.54) is 11.3 Å².